The zero-order chi connectivity index (χ0) is 20.3. The third-order valence-corrected chi connectivity index (χ3v) is 5.44. The fraction of sp³-hybridized carbons (Fsp3) is 0.320. The van der Waals surface area contributed by atoms with E-state index < -0.39 is 0 Å². The maximum atomic E-state index is 13.8. The topological polar surface area (TPSA) is 26.9 Å². The fourth-order valence-electron chi connectivity index (χ4n) is 4.23. The number of benzene rings is 1. The molecule has 2 heterocycles. The average molecular weight is 375 g/mol. The second-order valence-corrected chi connectivity index (χ2v) is 7.08. The summed E-state index contributed by atoms with van der Waals surface area (Å²) in [5.74, 6) is 0.110. The van der Waals surface area contributed by atoms with Crippen LogP contribution in [0, 0.1) is 6.92 Å². The van der Waals surface area contributed by atoms with Crippen LogP contribution in [0.4, 0.5) is 0 Å². The number of ketones is 1. The van der Waals surface area contributed by atoms with Crippen molar-refractivity contribution in [1.29, 1.82) is 0 Å². The van der Waals surface area contributed by atoms with Gasteiger partial charge in [-0.05, 0) is 44.4 Å². The molecular weight excluding hydrogens is 344 g/mol. The summed E-state index contributed by atoms with van der Waals surface area (Å²) in [5.41, 5.74) is 6.09. The molecule has 0 bridgehead atoms. The summed E-state index contributed by atoms with van der Waals surface area (Å²) in [6, 6.07) is 10.3. The summed E-state index contributed by atoms with van der Waals surface area (Å²) in [5, 5.41) is 1.04. The predicted molar refractivity (Wildman–Crippen MR) is 119 cm³/mol. The molecule has 3 nitrogen and oxygen atoms in total. The normalized spacial score (nSPS) is 11.6. The summed E-state index contributed by atoms with van der Waals surface area (Å²) in [6.45, 7) is 13.9. The van der Waals surface area contributed by atoms with E-state index in [4.69, 9.17) is 0 Å². The molecule has 3 heteroatoms. The van der Waals surface area contributed by atoms with Crippen LogP contribution in [0.1, 0.15) is 60.2 Å². The molecule has 0 saturated heterocycles. The third kappa shape index (κ3) is 3.26. The van der Waals surface area contributed by atoms with Gasteiger partial charge in [0.25, 0.3) is 0 Å². The first-order valence-electron chi connectivity index (χ1n) is 10.2. The molecule has 0 saturated carbocycles. The van der Waals surface area contributed by atoms with Crippen molar-refractivity contribution in [2.24, 2.45) is 0 Å². The Balaban J connectivity index is 2.23. The van der Waals surface area contributed by atoms with Gasteiger partial charge in [0, 0.05) is 35.4 Å². The number of carbonyl (C=O) groups excluding carboxylic acids is 1. The van der Waals surface area contributed by atoms with Crippen molar-refractivity contribution in [2.45, 2.75) is 53.6 Å². The van der Waals surface area contributed by atoms with Gasteiger partial charge in [0.15, 0.2) is 0 Å². The van der Waals surface area contributed by atoms with E-state index >= 15 is 0 Å². The molecule has 1 aromatic carbocycles. The van der Waals surface area contributed by atoms with Crippen LogP contribution in [0.3, 0.4) is 0 Å². The largest absolute Gasteiger partial charge is 0.344 e. The van der Waals surface area contributed by atoms with Crippen molar-refractivity contribution < 1.29 is 4.79 Å². The van der Waals surface area contributed by atoms with Crippen LogP contribution in [0.2, 0.25) is 0 Å². The van der Waals surface area contributed by atoms with E-state index in [1.165, 1.54) is 5.69 Å². The molecule has 0 atom stereocenters. The van der Waals surface area contributed by atoms with Crippen LogP contribution in [0.25, 0.3) is 17.0 Å². The highest BCUT2D eigenvalue weighted by Crippen LogP contribution is 2.30. The number of para-hydroxylation sites is 1. The standard InChI is InChI=1S/C25H30N2O/c1-6-10-13-19-17-23(26(9-4)21(19)8-3)25(28)24-18(5)27(16-7-2)22-15-12-11-14-20(22)24/h6,10-15,17H,1,7-9,16H2,2-5H3/b13-10-. The number of carbonyl (C=O) groups is 1. The lowest BCUT2D eigenvalue weighted by Gasteiger charge is -2.11. The quantitative estimate of drug-likeness (QED) is 0.342. The van der Waals surface area contributed by atoms with Crippen LogP contribution in [0.15, 0.2) is 49.1 Å². The van der Waals surface area contributed by atoms with Crippen molar-refractivity contribution in [3.8, 4) is 0 Å². The molecule has 0 aliphatic rings. The van der Waals surface area contributed by atoms with Crippen molar-refractivity contribution in [3.05, 3.63) is 77.3 Å². The van der Waals surface area contributed by atoms with Gasteiger partial charge in [-0.15, -0.1) is 0 Å². The van der Waals surface area contributed by atoms with Crippen LogP contribution in [-0.4, -0.2) is 14.9 Å². The first-order valence-corrected chi connectivity index (χ1v) is 10.2. The van der Waals surface area contributed by atoms with Gasteiger partial charge in [-0.2, -0.15) is 0 Å². The Hall–Kier alpha value is -2.81. The van der Waals surface area contributed by atoms with Gasteiger partial charge in [-0.1, -0.05) is 56.9 Å². The fourth-order valence-corrected chi connectivity index (χ4v) is 4.23. The minimum Gasteiger partial charge on any atom is -0.344 e. The number of hydrogen-bond acceptors (Lipinski definition) is 1. The Morgan fingerprint density at radius 1 is 1.14 bits per heavy atom. The molecule has 146 valence electrons. The van der Waals surface area contributed by atoms with Crippen molar-refractivity contribution in [2.75, 3.05) is 0 Å². The Morgan fingerprint density at radius 2 is 1.89 bits per heavy atom. The minimum absolute atomic E-state index is 0.110. The van der Waals surface area contributed by atoms with Gasteiger partial charge < -0.3 is 9.13 Å². The minimum atomic E-state index is 0.110. The second-order valence-electron chi connectivity index (χ2n) is 7.08. The number of hydrogen-bond donors (Lipinski definition) is 0. The number of nitrogens with zero attached hydrogens (tertiary/aromatic N) is 2. The third-order valence-electron chi connectivity index (χ3n) is 5.44. The molecule has 0 aliphatic heterocycles. The van der Waals surface area contributed by atoms with Crippen LogP contribution in [0.5, 0.6) is 0 Å². The van der Waals surface area contributed by atoms with E-state index in [9.17, 15) is 4.79 Å². The van der Waals surface area contributed by atoms with Gasteiger partial charge in [-0.3, -0.25) is 4.79 Å². The smallest absolute Gasteiger partial charge is 0.211 e. The Bertz CT molecular complexity index is 1050. The van der Waals surface area contributed by atoms with E-state index in [-0.39, 0.29) is 5.78 Å². The lowest BCUT2D eigenvalue weighted by molar-refractivity contribution is 0.103. The molecule has 0 aliphatic carbocycles. The number of fused-ring (bicyclic) bond motifs is 1. The van der Waals surface area contributed by atoms with Gasteiger partial charge in [0.05, 0.1) is 11.3 Å². The number of rotatable bonds is 8. The molecule has 0 N–H and O–H groups in total. The Morgan fingerprint density at radius 3 is 2.54 bits per heavy atom. The lowest BCUT2D eigenvalue weighted by atomic mass is 10.0. The Labute approximate surface area is 168 Å². The summed E-state index contributed by atoms with van der Waals surface area (Å²) >= 11 is 0. The zero-order valence-corrected chi connectivity index (χ0v) is 17.5. The molecule has 2 aromatic heterocycles. The van der Waals surface area contributed by atoms with Crippen molar-refractivity contribution >= 4 is 22.8 Å². The highest BCUT2D eigenvalue weighted by atomic mass is 16.1. The maximum Gasteiger partial charge on any atom is 0.211 e. The van der Waals surface area contributed by atoms with E-state index in [2.05, 4.69) is 55.5 Å². The number of allylic oxidation sites excluding steroid dienone is 2. The van der Waals surface area contributed by atoms with Crippen LogP contribution >= 0.6 is 0 Å². The van der Waals surface area contributed by atoms with E-state index in [1.807, 2.05) is 30.4 Å². The van der Waals surface area contributed by atoms with Gasteiger partial charge in [0.2, 0.25) is 5.78 Å². The molecule has 0 unspecified atom stereocenters. The molecule has 28 heavy (non-hydrogen) atoms. The summed E-state index contributed by atoms with van der Waals surface area (Å²) < 4.78 is 4.44. The second kappa shape index (κ2) is 8.47. The first-order chi connectivity index (χ1) is 13.6. The molecule has 3 rings (SSSR count). The van der Waals surface area contributed by atoms with E-state index in [0.29, 0.717) is 0 Å². The lowest BCUT2D eigenvalue weighted by Crippen LogP contribution is -2.12. The zero-order valence-electron chi connectivity index (χ0n) is 17.5. The Kier molecular flexibility index (Phi) is 6.03. The average Bonchev–Trinajstić information content (AvgIpc) is 3.21. The first kappa shape index (κ1) is 19.9. The SMILES string of the molecule is C=C/C=C\c1cc(C(=O)c2c(C)n(CCC)c3ccccc23)n(CC)c1CC. The molecule has 3 aromatic rings. The molecule has 0 spiro atoms. The highest BCUT2D eigenvalue weighted by molar-refractivity contribution is 6.17. The van der Waals surface area contributed by atoms with Crippen LogP contribution in [-0.2, 0) is 19.5 Å². The van der Waals surface area contributed by atoms with Gasteiger partial charge in [-0.25, -0.2) is 0 Å². The summed E-state index contributed by atoms with van der Waals surface area (Å²) in [6.07, 6.45) is 7.67. The molecule has 0 amide bonds. The number of aromatic nitrogens is 2. The summed E-state index contributed by atoms with van der Waals surface area (Å²) in [4.78, 5) is 13.8. The number of aryl methyl sites for hydroxylation is 1. The van der Waals surface area contributed by atoms with E-state index in [1.54, 1.807) is 6.08 Å². The monoisotopic (exact) mass is 374 g/mol. The molecule has 0 radical (unpaired) electrons. The predicted octanol–water partition coefficient (Wildman–Crippen LogP) is 6.17. The van der Waals surface area contributed by atoms with Gasteiger partial charge in [0.1, 0.15) is 0 Å². The van der Waals surface area contributed by atoms with Crippen LogP contribution < -0.4 is 0 Å². The summed E-state index contributed by atoms with van der Waals surface area (Å²) in [7, 11) is 0. The van der Waals surface area contributed by atoms with E-state index in [0.717, 1.165) is 59.3 Å². The van der Waals surface area contributed by atoms with Crippen molar-refractivity contribution in [1.82, 2.24) is 9.13 Å². The highest BCUT2D eigenvalue weighted by Gasteiger charge is 2.24. The van der Waals surface area contributed by atoms with Gasteiger partial charge >= 0.3 is 0 Å². The molecule has 0 fully saturated rings. The van der Waals surface area contributed by atoms with Crippen molar-refractivity contribution in [3.63, 3.8) is 0 Å². The molecular formula is C25H30N2O. The maximum absolute atomic E-state index is 13.8.